The molecule has 0 fully saturated rings. The molecule has 2 heterocycles. The van der Waals surface area contributed by atoms with E-state index in [0.717, 1.165) is 18.7 Å². The number of benzene rings is 1. The number of nitrogens with one attached hydrogen (secondary N) is 1. The molecule has 6 nitrogen and oxygen atoms in total. The lowest BCUT2D eigenvalue weighted by Crippen LogP contribution is -2.41. The van der Waals surface area contributed by atoms with Gasteiger partial charge in [-0.1, -0.05) is 6.07 Å². The maximum absolute atomic E-state index is 12.5. The summed E-state index contributed by atoms with van der Waals surface area (Å²) in [5.41, 5.74) is 3.19. The van der Waals surface area contributed by atoms with E-state index in [-0.39, 0.29) is 11.9 Å². The fourth-order valence-electron chi connectivity index (χ4n) is 3.22. The van der Waals surface area contributed by atoms with Crippen molar-refractivity contribution in [2.45, 2.75) is 26.4 Å². The number of methoxy groups -OCH3 is 1. The molecule has 3 rings (SSSR count). The highest BCUT2D eigenvalue weighted by atomic mass is 16.5. The van der Waals surface area contributed by atoms with Crippen LogP contribution in [-0.4, -0.2) is 41.5 Å². The van der Waals surface area contributed by atoms with Crippen LogP contribution in [0.2, 0.25) is 0 Å². The Balaban J connectivity index is 1.68. The van der Waals surface area contributed by atoms with Gasteiger partial charge < -0.3 is 14.6 Å². The summed E-state index contributed by atoms with van der Waals surface area (Å²) in [4.78, 5) is 26.3. The maximum Gasteiger partial charge on any atom is 0.337 e. The number of aryl methyl sites for hydroxylation is 1. The monoisotopic (exact) mass is 341 g/mol. The first-order valence-corrected chi connectivity index (χ1v) is 8.37. The summed E-state index contributed by atoms with van der Waals surface area (Å²) in [5, 5.41) is 2.92. The van der Waals surface area contributed by atoms with Crippen LogP contribution in [0.15, 0.2) is 36.5 Å². The molecule has 132 valence electrons. The Kier molecular flexibility index (Phi) is 4.90. The van der Waals surface area contributed by atoms with Crippen molar-refractivity contribution in [3.8, 4) is 0 Å². The van der Waals surface area contributed by atoms with E-state index >= 15 is 0 Å². The molecule has 0 saturated carbocycles. The van der Waals surface area contributed by atoms with Gasteiger partial charge in [-0.05, 0) is 43.7 Å². The van der Waals surface area contributed by atoms with Gasteiger partial charge in [-0.3, -0.25) is 9.69 Å². The minimum Gasteiger partial charge on any atom is -0.465 e. The third-order valence-electron chi connectivity index (χ3n) is 4.75. The topological polar surface area (TPSA) is 63.6 Å². The Hall–Kier alpha value is -2.60. The molecule has 0 saturated heterocycles. The Morgan fingerprint density at radius 1 is 1.28 bits per heavy atom. The number of nitrogens with zero attached hydrogens (tertiary/aromatic N) is 2. The lowest BCUT2D eigenvalue weighted by molar-refractivity contribution is -0.118. The highest BCUT2D eigenvalue weighted by Crippen LogP contribution is 2.25. The molecule has 0 bridgehead atoms. The number of fused-ring (bicyclic) bond motifs is 1. The summed E-state index contributed by atoms with van der Waals surface area (Å²) in [6.45, 7) is 6.04. The van der Waals surface area contributed by atoms with E-state index in [2.05, 4.69) is 34.0 Å². The predicted molar refractivity (Wildman–Crippen MR) is 95.6 cm³/mol. The standard InChI is InChI=1S/C19H23N3O3/c1-13-6-7-15(19(24)25-3)11-16(13)20-18(23)12-22-10-9-21-8-4-5-17(21)14(22)2/h4-8,11,14H,9-10,12H2,1-3H3,(H,20,23)/t14-/m0/s1. The summed E-state index contributed by atoms with van der Waals surface area (Å²) in [6.07, 6.45) is 2.07. The number of carbonyl (C=O) groups excluding carboxylic acids is 2. The number of anilines is 1. The normalized spacial score (nSPS) is 17.0. The summed E-state index contributed by atoms with van der Waals surface area (Å²) in [7, 11) is 1.34. The molecule has 0 radical (unpaired) electrons. The van der Waals surface area contributed by atoms with Gasteiger partial charge in [-0.15, -0.1) is 0 Å². The fourth-order valence-corrected chi connectivity index (χ4v) is 3.22. The lowest BCUT2D eigenvalue weighted by atomic mass is 10.1. The average Bonchev–Trinajstić information content (AvgIpc) is 3.08. The molecule has 1 amide bonds. The van der Waals surface area contributed by atoms with Crippen molar-refractivity contribution in [1.82, 2.24) is 9.47 Å². The SMILES string of the molecule is COC(=O)c1ccc(C)c(NC(=O)CN2CCn3cccc3[C@@H]2C)c1. The highest BCUT2D eigenvalue weighted by Gasteiger charge is 2.25. The predicted octanol–water partition coefficient (Wildman–Crippen LogP) is 2.60. The van der Waals surface area contributed by atoms with Crippen LogP contribution in [0.1, 0.15) is 34.6 Å². The molecular weight excluding hydrogens is 318 g/mol. The summed E-state index contributed by atoms with van der Waals surface area (Å²) in [5.74, 6) is -0.502. The van der Waals surface area contributed by atoms with Crippen molar-refractivity contribution < 1.29 is 14.3 Å². The zero-order chi connectivity index (χ0) is 18.0. The first-order chi connectivity index (χ1) is 12.0. The van der Waals surface area contributed by atoms with Gasteiger partial charge in [0.05, 0.1) is 19.2 Å². The van der Waals surface area contributed by atoms with Crippen molar-refractivity contribution >= 4 is 17.6 Å². The lowest BCUT2D eigenvalue weighted by Gasteiger charge is -2.34. The van der Waals surface area contributed by atoms with Gasteiger partial charge in [-0.2, -0.15) is 0 Å². The molecule has 1 aromatic carbocycles. The van der Waals surface area contributed by atoms with Gasteiger partial charge >= 0.3 is 5.97 Å². The zero-order valence-electron chi connectivity index (χ0n) is 14.8. The van der Waals surface area contributed by atoms with Gasteiger partial charge in [0.1, 0.15) is 0 Å². The first kappa shape index (κ1) is 17.2. The third-order valence-corrected chi connectivity index (χ3v) is 4.75. The van der Waals surface area contributed by atoms with Crippen LogP contribution < -0.4 is 5.32 Å². The smallest absolute Gasteiger partial charge is 0.337 e. The van der Waals surface area contributed by atoms with Crippen LogP contribution >= 0.6 is 0 Å². The Morgan fingerprint density at radius 3 is 2.84 bits per heavy atom. The summed E-state index contributed by atoms with van der Waals surface area (Å²) < 4.78 is 6.96. The second kappa shape index (κ2) is 7.11. The van der Waals surface area contributed by atoms with E-state index in [9.17, 15) is 9.59 Å². The molecule has 1 aliphatic rings. The van der Waals surface area contributed by atoms with E-state index in [0.29, 0.717) is 17.8 Å². The molecule has 0 unspecified atom stereocenters. The van der Waals surface area contributed by atoms with Crippen molar-refractivity contribution in [1.29, 1.82) is 0 Å². The Bertz CT molecular complexity index is 797. The highest BCUT2D eigenvalue weighted by molar-refractivity contribution is 5.96. The van der Waals surface area contributed by atoms with Gasteiger partial charge in [0, 0.05) is 36.7 Å². The number of amides is 1. The zero-order valence-corrected chi connectivity index (χ0v) is 14.8. The van der Waals surface area contributed by atoms with Crippen LogP contribution in [0.25, 0.3) is 0 Å². The molecule has 25 heavy (non-hydrogen) atoms. The van der Waals surface area contributed by atoms with E-state index in [1.165, 1.54) is 12.8 Å². The average molecular weight is 341 g/mol. The number of ether oxygens (including phenoxy) is 1. The van der Waals surface area contributed by atoms with Crippen molar-refractivity contribution in [2.75, 3.05) is 25.5 Å². The van der Waals surface area contributed by atoms with Gasteiger partial charge in [0.2, 0.25) is 5.91 Å². The number of carbonyl (C=O) groups is 2. The van der Waals surface area contributed by atoms with Crippen molar-refractivity contribution in [2.24, 2.45) is 0 Å². The first-order valence-electron chi connectivity index (χ1n) is 8.37. The number of hydrogen-bond acceptors (Lipinski definition) is 4. The molecule has 6 heteroatoms. The van der Waals surface area contributed by atoms with Gasteiger partial charge in [-0.25, -0.2) is 4.79 Å². The van der Waals surface area contributed by atoms with E-state index in [4.69, 9.17) is 4.74 Å². The van der Waals surface area contributed by atoms with Gasteiger partial charge in [0.25, 0.3) is 0 Å². The Morgan fingerprint density at radius 2 is 2.08 bits per heavy atom. The third kappa shape index (κ3) is 3.58. The van der Waals surface area contributed by atoms with E-state index in [1.807, 2.05) is 13.0 Å². The molecule has 1 aliphatic heterocycles. The number of hydrogen-bond donors (Lipinski definition) is 1. The van der Waals surface area contributed by atoms with Crippen molar-refractivity contribution in [3.05, 3.63) is 53.3 Å². The van der Waals surface area contributed by atoms with Crippen molar-refractivity contribution in [3.63, 3.8) is 0 Å². The molecule has 1 atom stereocenters. The second-order valence-electron chi connectivity index (χ2n) is 6.34. The molecule has 0 aliphatic carbocycles. The summed E-state index contributed by atoms with van der Waals surface area (Å²) in [6, 6.07) is 9.48. The van der Waals surface area contributed by atoms with Crippen LogP contribution in [-0.2, 0) is 16.1 Å². The van der Waals surface area contributed by atoms with E-state index < -0.39 is 5.97 Å². The fraction of sp³-hybridized carbons (Fsp3) is 0.368. The number of esters is 1. The summed E-state index contributed by atoms with van der Waals surface area (Å²) >= 11 is 0. The molecule has 0 spiro atoms. The van der Waals surface area contributed by atoms with Crippen LogP contribution in [0, 0.1) is 6.92 Å². The number of rotatable bonds is 4. The minimum atomic E-state index is -0.416. The Labute approximate surface area is 147 Å². The largest absolute Gasteiger partial charge is 0.465 e. The van der Waals surface area contributed by atoms with Gasteiger partial charge in [0.15, 0.2) is 0 Å². The van der Waals surface area contributed by atoms with Crippen LogP contribution in [0.5, 0.6) is 0 Å². The second-order valence-corrected chi connectivity index (χ2v) is 6.34. The number of aromatic nitrogens is 1. The van der Waals surface area contributed by atoms with E-state index in [1.54, 1.807) is 18.2 Å². The molecule has 2 aromatic rings. The molecular formula is C19H23N3O3. The molecule has 1 aromatic heterocycles. The quantitative estimate of drug-likeness (QED) is 0.868. The maximum atomic E-state index is 12.5. The minimum absolute atomic E-state index is 0.0861. The van der Waals surface area contributed by atoms with Crippen LogP contribution in [0.4, 0.5) is 5.69 Å². The van der Waals surface area contributed by atoms with Crippen LogP contribution in [0.3, 0.4) is 0 Å². The molecule has 1 N–H and O–H groups in total.